The van der Waals surface area contributed by atoms with Crippen molar-refractivity contribution in [2.75, 3.05) is 58.5 Å². The fourth-order valence-electron chi connectivity index (χ4n) is 4.43. The minimum absolute atomic E-state index is 0.224. The van der Waals surface area contributed by atoms with Crippen molar-refractivity contribution in [1.82, 2.24) is 4.57 Å². The second kappa shape index (κ2) is 9.46. The first kappa shape index (κ1) is 21.4. The molecule has 1 aliphatic rings. The Balaban J connectivity index is 1.59. The number of hydrogen-bond donors (Lipinski definition) is 1. The van der Waals surface area contributed by atoms with Crippen molar-refractivity contribution >= 4 is 11.5 Å². The first-order valence-electron chi connectivity index (χ1n) is 10.4. The molecule has 1 aromatic carbocycles. The van der Waals surface area contributed by atoms with Gasteiger partial charge in [0.25, 0.3) is 0 Å². The lowest BCUT2D eigenvalue weighted by Crippen LogP contribution is -3.15. The fourth-order valence-corrected chi connectivity index (χ4v) is 4.43. The molecule has 6 heteroatoms. The Morgan fingerprint density at radius 3 is 2.38 bits per heavy atom. The van der Waals surface area contributed by atoms with Crippen molar-refractivity contribution in [3.8, 4) is 5.75 Å². The van der Waals surface area contributed by atoms with Crippen LogP contribution in [0.3, 0.4) is 0 Å². The lowest BCUT2D eigenvalue weighted by atomic mass is 10.1. The number of carbonyl (C=O) groups excluding carboxylic acids is 1. The number of aromatic nitrogens is 1. The highest BCUT2D eigenvalue weighted by Crippen LogP contribution is 2.21. The van der Waals surface area contributed by atoms with Crippen LogP contribution in [0.5, 0.6) is 5.75 Å². The van der Waals surface area contributed by atoms with Gasteiger partial charge in [0.1, 0.15) is 12.3 Å². The van der Waals surface area contributed by atoms with Gasteiger partial charge in [0.15, 0.2) is 0 Å². The number of quaternary nitrogens is 1. The normalized spacial score (nSPS) is 16.1. The van der Waals surface area contributed by atoms with Crippen molar-refractivity contribution in [3.05, 3.63) is 47.3 Å². The maximum absolute atomic E-state index is 13.0. The first-order chi connectivity index (χ1) is 13.9. The summed E-state index contributed by atoms with van der Waals surface area (Å²) in [5.41, 5.74) is 4.24. The van der Waals surface area contributed by atoms with Gasteiger partial charge in [-0.25, -0.2) is 0 Å². The molecule has 29 heavy (non-hydrogen) atoms. The summed E-state index contributed by atoms with van der Waals surface area (Å²) >= 11 is 0. The average Bonchev–Trinajstić information content (AvgIpc) is 3.03. The molecule has 1 saturated heterocycles. The molecule has 2 aromatic rings. The number of rotatable bonds is 8. The van der Waals surface area contributed by atoms with Gasteiger partial charge in [0, 0.05) is 29.7 Å². The Kier molecular flexibility index (Phi) is 6.98. The van der Waals surface area contributed by atoms with Gasteiger partial charge in [-0.2, -0.15) is 0 Å². The average molecular weight is 401 g/mol. The molecule has 0 bridgehead atoms. The van der Waals surface area contributed by atoms with Crippen LogP contribution in [0.25, 0.3) is 0 Å². The molecule has 0 saturated carbocycles. The van der Waals surface area contributed by atoms with E-state index >= 15 is 0 Å². The summed E-state index contributed by atoms with van der Waals surface area (Å²) in [7, 11) is 3.40. The number of benzene rings is 1. The van der Waals surface area contributed by atoms with E-state index in [2.05, 4.69) is 35.4 Å². The molecule has 0 unspecified atom stereocenters. The summed E-state index contributed by atoms with van der Waals surface area (Å²) in [5, 5.41) is 0. The minimum Gasteiger partial charge on any atom is -0.497 e. The topological polar surface area (TPSA) is 48.1 Å². The monoisotopic (exact) mass is 400 g/mol. The number of nitrogens with zero attached hydrogens (tertiary/aromatic N) is 2. The highest BCUT2D eigenvalue weighted by atomic mass is 16.5. The van der Waals surface area contributed by atoms with Crippen LogP contribution in [0.4, 0.5) is 5.69 Å². The summed E-state index contributed by atoms with van der Waals surface area (Å²) in [6, 6.07) is 10.5. The summed E-state index contributed by atoms with van der Waals surface area (Å²) in [5.74, 6) is 1.11. The van der Waals surface area contributed by atoms with Crippen molar-refractivity contribution in [3.63, 3.8) is 0 Å². The fraction of sp³-hybridized carbons (Fsp3) is 0.522. The quantitative estimate of drug-likeness (QED) is 0.688. The van der Waals surface area contributed by atoms with Gasteiger partial charge in [-0.3, -0.25) is 4.79 Å². The molecule has 158 valence electrons. The van der Waals surface area contributed by atoms with E-state index in [4.69, 9.17) is 9.47 Å². The van der Waals surface area contributed by atoms with Crippen LogP contribution in [0.15, 0.2) is 30.3 Å². The third kappa shape index (κ3) is 4.82. The maximum Gasteiger partial charge on any atom is 0.218 e. The van der Waals surface area contributed by atoms with Crippen LogP contribution in [-0.4, -0.2) is 63.9 Å². The third-order valence-electron chi connectivity index (χ3n) is 5.95. The molecule has 1 atom stereocenters. The Bertz CT molecular complexity index is 821. The number of nitrogens with one attached hydrogen (secondary N) is 1. The number of anilines is 1. The number of Topliss-reactive ketones (excluding diaryl/α,β-unsaturated/α-hetero) is 1. The second-order valence-corrected chi connectivity index (χ2v) is 7.99. The van der Waals surface area contributed by atoms with E-state index in [9.17, 15) is 4.79 Å². The van der Waals surface area contributed by atoms with Gasteiger partial charge >= 0.3 is 0 Å². The third-order valence-corrected chi connectivity index (χ3v) is 5.95. The molecule has 1 N–H and O–H groups in total. The second-order valence-electron chi connectivity index (χ2n) is 7.99. The lowest BCUT2D eigenvalue weighted by molar-refractivity contribution is -0.892. The van der Waals surface area contributed by atoms with E-state index in [-0.39, 0.29) is 11.8 Å². The Morgan fingerprint density at radius 2 is 1.79 bits per heavy atom. The van der Waals surface area contributed by atoms with Crippen molar-refractivity contribution in [1.29, 1.82) is 0 Å². The lowest BCUT2D eigenvalue weighted by Gasteiger charge is -2.33. The predicted molar refractivity (Wildman–Crippen MR) is 116 cm³/mol. The van der Waals surface area contributed by atoms with Gasteiger partial charge < -0.3 is 23.8 Å². The van der Waals surface area contributed by atoms with Gasteiger partial charge in [-0.05, 0) is 51.1 Å². The number of piperazine rings is 1. The molecular formula is C23H34N3O3+. The zero-order chi connectivity index (χ0) is 21.0. The smallest absolute Gasteiger partial charge is 0.218 e. The molecule has 0 spiro atoms. The van der Waals surface area contributed by atoms with Crippen molar-refractivity contribution in [2.24, 2.45) is 0 Å². The number of ether oxygens (including phenoxy) is 2. The van der Waals surface area contributed by atoms with Crippen molar-refractivity contribution < 1.29 is 19.2 Å². The van der Waals surface area contributed by atoms with Crippen molar-refractivity contribution in [2.45, 2.75) is 26.8 Å². The molecule has 0 aliphatic carbocycles. The highest BCUT2D eigenvalue weighted by molar-refractivity contribution is 5.98. The molecule has 1 aliphatic heterocycles. The van der Waals surface area contributed by atoms with Gasteiger partial charge in [0.2, 0.25) is 5.78 Å². The molecular weight excluding hydrogens is 366 g/mol. The van der Waals surface area contributed by atoms with Crippen LogP contribution in [0.1, 0.15) is 34.7 Å². The van der Waals surface area contributed by atoms with Crippen LogP contribution in [-0.2, 0) is 4.74 Å². The number of carbonyl (C=O) groups is 1. The number of aryl methyl sites for hydroxylation is 1. The number of ketones is 1. The molecule has 1 fully saturated rings. The largest absolute Gasteiger partial charge is 0.497 e. The molecule has 1 aromatic heterocycles. The van der Waals surface area contributed by atoms with E-state index in [0.29, 0.717) is 13.2 Å². The van der Waals surface area contributed by atoms with E-state index in [1.54, 1.807) is 14.2 Å². The summed E-state index contributed by atoms with van der Waals surface area (Å²) in [4.78, 5) is 16.7. The highest BCUT2D eigenvalue weighted by Gasteiger charge is 2.25. The Labute approximate surface area is 174 Å². The van der Waals surface area contributed by atoms with Gasteiger partial charge in [-0.15, -0.1) is 0 Å². The van der Waals surface area contributed by atoms with E-state index < -0.39 is 0 Å². The Hall–Kier alpha value is -2.31. The number of hydrogen-bond acceptors (Lipinski definition) is 4. The van der Waals surface area contributed by atoms with Gasteiger partial charge in [0.05, 0.1) is 45.9 Å². The first-order valence-corrected chi connectivity index (χ1v) is 10.4. The molecule has 3 rings (SSSR count). The van der Waals surface area contributed by atoms with Gasteiger partial charge in [-0.1, -0.05) is 0 Å². The summed E-state index contributed by atoms with van der Waals surface area (Å²) < 4.78 is 12.8. The van der Waals surface area contributed by atoms with E-state index in [0.717, 1.165) is 48.9 Å². The van der Waals surface area contributed by atoms with E-state index in [1.165, 1.54) is 10.6 Å². The minimum atomic E-state index is 0.224. The molecule has 2 heterocycles. The zero-order valence-corrected chi connectivity index (χ0v) is 18.3. The molecule has 6 nitrogen and oxygen atoms in total. The predicted octanol–water partition coefficient (Wildman–Crippen LogP) is 1.91. The van der Waals surface area contributed by atoms with Crippen LogP contribution in [0, 0.1) is 13.8 Å². The standard InChI is InChI=1S/C23H33N3O3/c1-17-14-22(19(3)26(17)18(2)16-28-4)23(27)15-24-10-12-25(13-11-24)20-6-8-21(29-5)9-7-20/h6-9,14,18H,10-13,15-16H2,1-5H3/p+1/t18-/m1/s1. The van der Waals surface area contributed by atoms with Crippen LogP contribution in [0.2, 0.25) is 0 Å². The molecule has 0 radical (unpaired) electrons. The maximum atomic E-state index is 13.0. The summed E-state index contributed by atoms with van der Waals surface area (Å²) in [6.45, 7) is 11.3. The zero-order valence-electron chi connectivity index (χ0n) is 18.3. The van der Waals surface area contributed by atoms with E-state index in [1.807, 2.05) is 25.1 Å². The number of methoxy groups -OCH3 is 2. The Morgan fingerprint density at radius 1 is 1.14 bits per heavy atom. The van der Waals surface area contributed by atoms with Crippen LogP contribution >= 0.6 is 0 Å². The summed E-state index contributed by atoms with van der Waals surface area (Å²) in [6.07, 6.45) is 0. The van der Waals surface area contributed by atoms with Crippen LogP contribution < -0.4 is 14.5 Å². The SMILES string of the molecule is COC[C@@H](C)n1c(C)cc(C(=O)C[NH+]2CCN(c3ccc(OC)cc3)CC2)c1C. The molecule has 0 amide bonds.